The summed E-state index contributed by atoms with van der Waals surface area (Å²) in [6.07, 6.45) is 4.19. The molecule has 1 aliphatic heterocycles. The number of morpholine rings is 1. The highest BCUT2D eigenvalue weighted by molar-refractivity contribution is 5.61. The number of rotatable bonds is 3. The Morgan fingerprint density at radius 2 is 2.15 bits per heavy atom. The van der Waals surface area contributed by atoms with Crippen molar-refractivity contribution >= 4 is 11.4 Å². The first-order chi connectivity index (χ1) is 9.63. The molecule has 1 saturated heterocycles. The van der Waals surface area contributed by atoms with E-state index in [0.29, 0.717) is 12.1 Å². The molecule has 0 aromatic heterocycles. The van der Waals surface area contributed by atoms with Crippen molar-refractivity contribution in [2.45, 2.75) is 51.4 Å². The van der Waals surface area contributed by atoms with Gasteiger partial charge in [0.2, 0.25) is 0 Å². The molecule has 1 aliphatic carbocycles. The first-order valence-electron chi connectivity index (χ1n) is 7.59. The minimum absolute atomic E-state index is 0.161. The summed E-state index contributed by atoms with van der Waals surface area (Å²) in [7, 11) is 0. The molecule has 0 radical (unpaired) electrons. The van der Waals surface area contributed by atoms with Gasteiger partial charge in [-0.3, -0.25) is 0 Å². The number of ether oxygens (including phenoxy) is 2. The quantitative estimate of drug-likeness (QED) is 0.862. The highest BCUT2D eigenvalue weighted by Gasteiger charge is 2.36. The Bertz CT molecular complexity index is 476. The zero-order valence-corrected chi connectivity index (χ0v) is 12.3. The molecule has 0 spiro atoms. The summed E-state index contributed by atoms with van der Waals surface area (Å²) < 4.78 is 11.7. The molecule has 2 unspecified atom stereocenters. The van der Waals surface area contributed by atoms with Crippen molar-refractivity contribution in [3.63, 3.8) is 0 Å². The molecule has 4 nitrogen and oxygen atoms in total. The van der Waals surface area contributed by atoms with Gasteiger partial charge >= 0.3 is 0 Å². The molecule has 4 heteroatoms. The van der Waals surface area contributed by atoms with Crippen molar-refractivity contribution < 1.29 is 9.47 Å². The van der Waals surface area contributed by atoms with Gasteiger partial charge in [-0.05, 0) is 39.2 Å². The molecular formula is C16H24N2O2. The molecule has 2 atom stereocenters. The van der Waals surface area contributed by atoms with E-state index in [4.69, 9.17) is 15.2 Å². The Morgan fingerprint density at radius 3 is 2.95 bits per heavy atom. The minimum Gasteiger partial charge on any atom is -0.491 e. The maximum absolute atomic E-state index is 6.04. The van der Waals surface area contributed by atoms with Gasteiger partial charge < -0.3 is 20.1 Å². The van der Waals surface area contributed by atoms with Gasteiger partial charge in [0.05, 0.1) is 24.9 Å². The van der Waals surface area contributed by atoms with Gasteiger partial charge in [0.15, 0.2) is 0 Å². The third kappa shape index (κ3) is 2.70. The predicted molar refractivity (Wildman–Crippen MR) is 81.3 cm³/mol. The number of nitrogens with zero attached hydrogens (tertiary/aromatic N) is 1. The van der Waals surface area contributed by atoms with Crippen LogP contribution in [0.25, 0.3) is 0 Å². The van der Waals surface area contributed by atoms with Crippen molar-refractivity contribution in [3.8, 4) is 5.75 Å². The Hall–Kier alpha value is -1.42. The average Bonchev–Trinajstić information content (AvgIpc) is 2.84. The van der Waals surface area contributed by atoms with Crippen LogP contribution >= 0.6 is 0 Å². The first-order valence-corrected chi connectivity index (χ1v) is 7.59. The molecule has 110 valence electrons. The van der Waals surface area contributed by atoms with Gasteiger partial charge in [-0.25, -0.2) is 0 Å². The summed E-state index contributed by atoms with van der Waals surface area (Å²) in [5.74, 6) is 0.857. The van der Waals surface area contributed by atoms with Crippen molar-refractivity contribution in [3.05, 3.63) is 18.2 Å². The molecule has 2 N–H and O–H groups in total. The normalized spacial score (nSPS) is 25.9. The highest BCUT2D eigenvalue weighted by atomic mass is 16.5. The van der Waals surface area contributed by atoms with Gasteiger partial charge in [0.25, 0.3) is 0 Å². The second kappa shape index (κ2) is 5.52. The first kappa shape index (κ1) is 13.6. The predicted octanol–water partition coefficient (Wildman–Crippen LogP) is 2.81. The zero-order valence-electron chi connectivity index (χ0n) is 12.3. The molecule has 1 heterocycles. The monoisotopic (exact) mass is 276 g/mol. The lowest BCUT2D eigenvalue weighted by molar-refractivity contribution is 0.0256. The van der Waals surface area contributed by atoms with Crippen LogP contribution in [-0.2, 0) is 4.74 Å². The van der Waals surface area contributed by atoms with Gasteiger partial charge in [-0.2, -0.15) is 0 Å². The van der Waals surface area contributed by atoms with Crippen LogP contribution in [0.5, 0.6) is 5.75 Å². The smallest absolute Gasteiger partial charge is 0.123 e. The van der Waals surface area contributed by atoms with E-state index >= 15 is 0 Å². The van der Waals surface area contributed by atoms with Crippen LogP contribution in [-0.4, -0.2) is 31.4 Å². The van der Waals surface area contributed by atoms with Gasteiger partial charge in [0.1, 0.15) is 5.75 Å². The number of hydrogen-bond acceptors (Lipinski definition) is 4. The summed E-state index contributed by atoms with van der Waals surface area (Å²) in [6, 6.07) is 6.55. The van der Waals surface area contributed by atoms with Gasteiger partial charge in [-0.1, -0.05) is 0 Å². The maximum atomic E-state index is 6.04. The highest BCUT2D eigenvalue weighted by Crippen LogP contribution is 2.35. The SMILES string of the molecule is CC(C)Oc1cc(N)cc(N2CCOC3CCCC32)c1. The molecule has 0 bridgehead atoms. The van der Waals surface area contributed by atoms with Crippen LogP contribution in [0, 0.1) is 0 Å². The van der Waals surface area contributed by atoms with Crippen LogP contribution < -0.4 is 15.4 Å². The molecule has 2 aliphatic rings. The summed E-state index contributed by atoms with van der Waals surface area (Å²) in [6.45, 7) is 5.80. The van der Waals surface area contributed by atoms with Crippen molar-refractivity contribution in [2.75, 3.05) is 23.8 Å². The fourth-order valence-corrected chi connectivity index (χ4v) is 3.36. The summed E-state index contributed by atoms with van der Waals surface area (Å²) >= 11 is 0. The molecule has 0 amide bonds. The second-order valence-electron chi connectivity index (χ2n) is 6.03. The fraction of sp³-hybridized carbons (Fsp3) is 0.625. The van der Waals surface area contributed by atoms with Crippen LogP contribution in [0.4, 0.5) is 11.4 Å². The molecular weight excluding hydrogens is 252 g/mol. The Balaban J connectivity index is 1.86. The molecule has 20 heavy (non-hydrogen) atoms. The number of nitrogen functional groups attached to an aromatic ring is 1. The molecule has 1 aromatic carbocycles. The van der Waals surface area contributed by atoms with Crippen LogP contribution in [0.15, 0.2) is 18.2 Å². The van der Waals surface area contributed by atoms with E-state index in [-0.39, 0.29) is 6.10 Å². The van der Waals surface area contributed by atoms with Crippen molar-refractivity contribution in [1.82, 2.24) is 0 Å². The van der Waals surface area contributed by atoms with Crippen LogP contribution in [0.1, 0.15) is 33.1 Å². The van der Waals surface area contributed by atoms with Crippen molar-refractivity contribution in [1.29, 1.82) is 0 Å². The largest absolute Gasteiger partial charge is 0.491 e. The lowest BCUT2D eigenvalue weighted by Crippen LogP contribution is -2.48. The van der Waals surface area contributed by atoms with E-state index < -0.39 is 0 Å². The number of benzene rings is 1. The number of fused-ring (bicyclic) bond motifs is 1. The summed E-state index contributed by atoms with van der Waals surface area (Å²) in [4.78, 5) is 2.45. The Morgan fingerprint density at radius 1 is 1.30 bits per heavy atom. The number of anilines is 2. The standard InChI is InChI=1S/C16H24N2O2/c1-11(2)20-14-9-12(17)8-13(10-14)18-6-7-19-16-5-3-4-15(16)18/h8-11,15-16H,3-7,17H2,1-2H3. The molecule has 1 aromatic rings. The zero-order chi connectivity index (χ0) is 14.1. The summed E-state index contributed by atoms with van der Waals surface area (Å²) in [5.41, 5.74) is 7.97. The maximum Gasteiger partial charge on any atom is 0.123 e. The van der Waals surface area contributed by atoms with E-state index in [1.54, 1.807) is 0 Å². The van der Waals surface area contributed by atoms with E-state index in [1.165, 1.54) is 24.9 Å². The minimum atomic E-state index is 0.161. The Kier molecular flexibility index (Phi) is 3.74. The third-order valence-electron chi connectivity index (χ3n) is 4.10. The van der Waals surface area contributed by atoms with Crippen molar-refractivity contribution in [2.24, 2.45) is 0 Å². The molecule has 3 rings (SSSR count). The number of nitrogens with two attached hydrogens (primary N) is 1. The van der Waals surface area contributed by atoms with Crippen LogP contribution in [0.3, 0.4) is 0 Å². The average molecular weight is 276 g/mol. The van der Waals surface area contributed by atoms with Crippen LogP contribution in [0.2, 0.25) is 0 Å². The lowest BCUT2D eigenvalue weighted by atomic mass is 10.1. The molecule has 1 saturated carbocycles. The van der Waals surface area contributed by atoms with E-state index in [0.717, 1.165) is 24.6 Å². The lowest BCUT2D eigenvalue weighted by Gasteiger charge is -2.39. The Labute approximate surface area is 120 Å². The van der Waals surface area contributed by atoms with Gasteiger partial charge in [-0.15, -0.1) is 0 Å². The van der Waals surface area contributed by atoms with Gasteiger partial charge in [0, 0.05) is 30.1 Å². The topological polar surface area (TPSA) is 47.7 Å². The fourth-order valence-electron chi connectivity index (χ4n) is 3.36. The summed E-state index contributed by atoms with van der Waals surface area (Å²) in [5, 5.41) is 0. The number of hydrogen-bond donors (Lipinski definition) is 1. The van der Waals surface area contributed by atoms with E-state index in [1.807, 2.05) is 26.0 Å². The second-order valence-corrected chi connectivity index (χ2v) is 6.03. The third-order valence-corrected chi connectivity index (χ3v) is 4.10. The molecule has 2 fully saturated rings. The van der Waals surface area contributed by atoms with E-state index in [2.05, 4.69) is 11.0 Å². The van der Waals surface area contributed by atoms with E-state index in [9.17, 15) is 0 Å².